The van der Waals surface area contributed by atoms with Crippen molar-refractivity contribution in [1.29, 1.82) is 0 Å². The third-order valence-electron chi connectivity index (χ3n) is 3.86. The van der Waals surface area contributed by atoms with Gasteiger partial charge in [0.1, 0.15) is 4.99 Å². The lowest BCUT2D eigenvalue weighted by Crippen LogP contribution is -2.32. The van der Waals surface area contributed by atoms with Crippen molar-refractivity contribution in [1.82, 2.24) is 0 Å². The molecule has 2 aromatic carbocycles. The van der Waals surface area contributed by atoms with Gasteiger partial charge in [0.15, 0.2) is 0 Å². The minimum Gasteiger partial charge on any atom is -0.389 e. The van der Waals surface area contributed by atoms with Crippen LogP contribution in [0, 0.1) is 5.92 Å². The number of anilines is 2. The van der Waals surface area contributed by atoms with E-state index in [-0.39, 0.29) is 0 Å². The molecule has 0 amide bonds. The fraction of sp³-hybridized carbons (Fsp3) is 0.235. The molecule has 1 atom stereocenters. The first-order valence-corrected chi connectivity index (χ1v) is 7.79. The van der Waals surface area contributed by atoms with Gasteiger partial charge in [-0.2, -0.15) is 0 Å². The summed E-state index contributed by atoms with van der Waals surface area (Å²) in [5.41, 5.74) is 10.4. The van der Waals surface area contributed by atoms with Crippen LogP contribution in [0.3, 0.4) is 0 Å². The van der Waals surface area contributed by atoms with Crippen LogP contribution in [0.4, 0.5) is 11.4 Å². The molecule has 1 aliphatic heterocycles. The zero-order valence-corrected chi connectivity index (χ0v) is 13.4. The van der Waals surface area contributed by atoms with Crippen LogP contribution < -0.4 is 10.6 Å². The van der Waals surface area contributed by atoms with Gasteiger partial charge in [-0.1, -0.05) is 48.9 Å². The average molecular weight is 317 g/mol. The number of hydrogen-bond acceptors (Lipinski definition) is 2. The molecule has 0 fully saturated rings. The van der Waals surface area contributed by atoms with Crippen molar-refractivity contribution in [3.8, 4) is 0 Å². The number of thiocarbonyl (C=S) groups is 1. The van der Waals surface area contributed by atoms with Crippen LogP contribution >= 0.6 is 23.8 Å². The molecule has 4 heteroatoms. The lowest BCUT2D eigenvalue weighted by atomic mass is 9.93. The molecule has 0 saturated heterocycles. The van der Waals surface area contributed by atoms with E-state index in [4.69, 9.17) is 29.6 Å². The molecule has 21 heavy (non-hydrogen) atoms. The van der Waals surface area contributed by atoms with Gasteiger partial charge in [0.25, 0.3) is 0 Å². The Balaban J connectivity index is 2.15. The van der Waals surface area contributed by atoms with Crippen molar-refractivity contribution < 1.29 is 0 Å². The Morgan fingerprint density at radius 2 is 2.00 bits per heavy atom. The fourth-order valence-corrected chi connectivity index (χ4v) is 3.30. The molecule has 0 saturated carbocycles. The Labute approximate surface area is 135 Å². The molecule has 0 aliphatic carbocycles. The summed E-state index contributed by atoms with van der Waals surface area (Å²) in [7, 11) is 0. The first-order chi connectivity index (χ1) is 10.1. The Morgan fingerprint density at radius 1 is 1.24 bits per heavy atom. The molecule has 1 unspecified atom stereocenters. The van der Waals surface area contributed by atoms with E-state index in [0.29, 0.717) is 15.9 Å². The molecular formula is C17H17ClN2S. The normalized spacial score (nSPS) is 17.4. The monoisotopic (exact) mass is 316 g/mol. The van der Waals surface area contributed by atoms with Gasteiger partial charge in [-0.05, 0) is 42.2 Å². The number of benzene rings is 2. The number of rotatable bonds is 2. The summed E-state index contributed by atoms with van der Waals surface area (Å²) in [6.45, 7) is 3.22. The second kappa shape index (κ2) is 5.66. The maximum absolute atomic E-state index is 6.10. The van der Waals surface area contributed by atoms with Gasteiger partial charge in [-0.25, -0.2) is 0 Å². The summed E-state index contributed by atoms with van der Waals surface area (Å²) in [6.07, 6.45) is 1.10. The summed E-state index contributed by atoms with van der Waals surface area (Å²) in [6, 6.07) is 14.2. The van der Waals surface area contributed by atoms with Gasteiger partial charge >= 0.3 is 0 Å². The number of fused-ring (bicyclic) bond motifs is 1. The highest BCUT2D eigenvalue weighted by atomic mass is 35.5. The van der Waals surface area contributed by atoms with Gasteiger partial charge in [0, 0.05) is 22.8 Å². The quantitative estimate of drug-likeness (QED) is 0.837. The topological polar surface area (TPSA) is 29.3 Å². The maximum Gasteiger partial charge on any atom is 0.106 e. The largest absolute Gasteiger partial charge is 0.389 e. The molecule has 2 nitrogen and oxygen atoms in total. The van der Waals surface area contributed by atoms with Crippen molar-refractivity contribution >= 4 is 40.2 Å². The molecule has 1 heterocycles. The minimum atomic E-state index is 0.378. The number of nitrogens with zero attached hydrogens (tertiary/aromatic N) is 1. The predicted molar refractivity (Wildman–Crippen MR) is 93.7 cm³/mol. The number of para-hydroxylation sites is 1. The van der Waals surface area contributed by atoms with E-state index >= 15 is 0 Å². The second-order valence-electron chi connectivity index (χ2n) is 5.57. The zero-order chi connectivity index (χ0) is 15.0. The molecule has 0 radical (unpaired) electrons. The molecule has 0 spiro atoms. The number of nitrogens with two attached hydrogens (primary N) is 1. The second-order valence-corrected chi connectivity index (χ2v) is 6.45. The Morgan fingerprint density at radius 3 is 2.76 bits per heavy atom. The van der Waals surface area contributed by atoms with Gasteiger partial charge in [-0.15, -0.1) is 0 Å². The number of halogens is 1. The molecule has 3 rings (SSSR count). The van der Waals surface area contributed by atoms with E-state index in [9.17, 15) is 0 Å². The Hall–Kier alpha value is -1.58. The summed E-state index contributed by atoms with van der Waals surface area (Å²) in [5, 5.41) is 0.653. The highest BCUT2D eigenvalue weighted by Crippen LogP contribution is 2.37. The minimum absolute atomic E-state index is 0.378. The van der Waals surface area contributed by atoms with Gasteiger partial charge < -0.3 is 10.6 Å². The Bertz CT molecular complexity index is 699. The van der Waals surface area contributed by atoms with E-state index in [2.05, 4.69) is 36.1 Å². The van der Waals surface area contributed by atoms with Crippen molar-refractivity contribution in [3.05, 3.63) is 58.6 Å². The van der Waals surface area contributed by atoms with Crippen molar-refractivity contribution in [2.24, 2.45) is 11.7 Å². The molecule has 0 aromatic heterocycles. The van der Waals surface area contributed by atoms with Crippen LogP contribution in [0.5, 0.6) is 0 Å². The smallest absolute Gasteiger partial charge is 0.106 e. The van der Waals surface area contributed by atoms with Crippen LogP contribution in [0.1, 0.15) is 18.1 Å². The van der Waals surface area contributed by atoms with Crippen LogP contribution in [-0.2, 0) is 6.42 Å². The summed E-state index contributed by atoms with van der Waals surface area (Å²) >= 11 is 11.3. The van der Waals surface area contributed by atoms with Crippen molar-refractivity contribution in [2.75, 3.05) is 11.4 Å². The molecular weight excluding hydrogens is 300 g/mol. The van der Waals surface area contributed by atoms with Gasteiger partial charge in [-0.3, -0.25) is 0 Å². The van der Waals surface area contributed by atoms with Crippen LogP contribution in [-0.4, -0.2) is 11.5 Å². The molecule has 2 aromatic rings. The van der Waals surface area contributed by atoms with E-state index < -0.39 is 0 Å². The first-order valence-electron chi connectivity index (χ1n) is 7.01. The lowest BCUT2D eigenvalue weighted by molar-refractivity contribution is 0.562. The molecule has 2 N–H and O–H groups in total. The van der Waals surface area contributed by atoms with Crippen LogP contribution in [0.25, 0.3) is 0 Å². The van der Waals surface area contributed by atoms with E-state index in [1.165, 1.54) is 11.3 Å². The van der Waals surface area contributed by atoms with Crippen LogP contribution in [0.2, 0.25) is 5.02 Å². The lowest BCUT2D eigenvalue weighted by Gasteiger charge is -2.36. The van der Waals surface area contributed by atoms with E-state index in [1.54, 1.807) is 0 Å². The zero-order valence-electron chi connectivity index (χ0n) is 11.8. The highest BCUT2D eigenvalue weighted by molar-refractivity contribution is 7.80. The SMILES string of the molecule is CC1Cc2ccccc2N(c2ccc(Cl)cc2C(N)=S)C1. The van der Waals surface area contributed by atoms with Gasteiger partial charge in [0.05, 0.1) is 5.69 Å². The van der Waals surface area contributed by atoms with Crippen molar-refractivity contribution in [2.45, 2.75) is 13.3 Å². The van der Waals surface area contributed by atoms with E-state index in [1.807, 2.05) is 18.2 Å². The molecule has 108 valence electrons. The van der Waals surface area contributed by atoms with E-state index in [0.717, 1.165) is 24.2 Å². The fourth-order valence-electron chi connectivity index (χ4n) is 2.97. The highest BCUT2D eigenvalue weighted by Gasteiger charge is 2.24. The standard InChI is InChI=1S/C17H17ClN2S/c1-11-8-12-4-2-3-5-15(12)20(10-11)16-7-6-13(18)9-14(16)17(19)21/h2-7,9,11H,8,10H2,1H3,(H2,19,21). The van der Waals surface area contributed by atoms with Gasteiger partial charge in [0.2, 0.25) is 0 Å². The molecule has 0 bridgehead atoms. The average Bonchev–Trinajstić information content (AvgIpc) is 2.46. The summed E-state index contributed by atoms with van der Waals surface area (Å²) < 4.78 is 0. The Kier molecular flexibility index (Phi) is 3.87. The molecule has 1 aliphatic rings. The third kappa shape index (κ3) is 2.76. The van der Waals surface area contributed by atoms with Crippen LogP contribution in [0.15, 0.2) is 42.5 Å². The first kappa shape index (κ1) is 14.4. The predicted octanol–water partition coefficient (Wildman–Crippen LogP) is 4.30. The summed E-state index contributed by atoms with van der Waals surface area (Å²) in [4.78, 5) is 2.68. The third-order valence-corrected chi connectivity index (χ3v) is 4.31. The maximum atomic E-state index is 6.10. The number of hydrogen-bond donors (Lipinski definition) is 1. The van der Waals surface area contributed by atoms with Crippen molar-refractivity contribution in [3.63, 3.8) is 0 Å². The summed E-state index contributed by atoms with van der Waals surface area (Å²) in [5.74, 6) is 0.578.